The maximum absolute atomic E-state index is 14.3. The molecular weight excluding hydrogens is 359 g/mol. The third-order valence-electron chi connectivity index (χ3n) is 5.06. The molecule has 0 atom stereocenters. The van der Waals surface area contributed by atoms with Gasteiger partial charge < -0.3 is 14.8 Å². The van der Waals surface area contributed by atoms with Gasteiger partial charge in [-0.2, -0.15) is 0 Å². The lowest BCUT2D eigenvalue weighted by Gasteiger charge is -2.31. The quantitative estimate of drug-likeness (QED) is 0.752. The third kappa shape index (κ3) is 3.21. The summed E-state index contributed by atoms with van der Waals surface area (Å²) < 4.78 is 16.0. The summed E-state index contributed by atoms with van der Waals surface area (Å²) >= 11 is 0. The number of halogens is 1. The molecule has 144 valence electrons. The summed E-state index contributed by atoms with van der Waals surface area (Å²) in [5, 5.41) is 3.09. The predicted octanol–water partition coefficient (Wildman–Crippen LogP) is 3.22. The molecule has 0 bridgehead atoms. The Morgan fingerprint density at radius 1 is 1.18 bits per heavy atom. The number of hydrogen-bond donors (Lipinski definition) is 1. The summed E-state index contributed by atoms with van der Waals surface area (Å²) in [5.41, 5.74) is 3.05. The number of hydrogen-bond acceptors (Lipinski definition) is 5. The summed E-state index contributed by atoms with van der Waals surface area (Å²) in [6.07, 6.45) is 3.79. The van der Waals surface area contributed by atoms with E-state index in [4.69, 9.17) is 0 Å². The van der Waals surface area contributed by atoms with Gasteiger partial charge in [-0.1, -0.05) is 0 Å². The Labute approximate surface area is 162 Å². The molecule has 2 aromatic heterocycles. The molecule has 1 aliphatic rings. The van der Waals surface area contributed by atoms with Crippen LogP contribution in [0.5, 0.6) is 0 Å². The number of imidazole rings is 1. The fourth-order valence-electron chi connectivity index (χ4n) is 3.13. The van der Waals surface area contributed by atoms with Crippen LogP contribution in [0.2, 0.25) is 0 Å². The first-order valence-corrected chi connectivity index (χ1v) is 9.12. The molecule has 1 aliphatic heterocycles. The van der Waals surface area contributed by atoms with Gasteiger partial charge in [0.15, 0.2) is 5.82 Å². The van der Waals surface area contributed by atoms with Crippen molar-refractivity contribution < 1.29 is 9.18 Å². The first kappa shape index (κ1) is 18.1. The Morgan fingerprint density at radius 2 is 1.96 bits per heavy atom. The van der Waals surface area contributed by atoms with Crippen LogP contribution in [0.4, 0.5) is 16.0 Å². The van der Waals surface area contributed by atoms with Crippen LogP contribution in [0.15, 0.2) is 30.6 Å². The molecule has 1 amide bonds. The largest absolute Gasteiger partial charge is 0.339 e. The highest BCUT2D eigenvalue weighted by molar-refractivity contribution is 5.96. The molecule has 1 fully saturated rings. The van der Waals surface area contributed by atoms with E-state index in [2.05, 4.69) is 20.3 Å². The standard InChI is InChI=1S/C20H21FN6O/c1-12-9-14(5-6-15(12)19(28)27-7-4-8-27)24-20-23-10-16(21)18(25-20)17-11-22-13(2)26(17)3/h5-6,9-11H,4,7-8H2,1-3H3,(H,23,24,25). The minimum absolute atomic E-state index is 0.0576. The van der Waals surface area contributed by atoms with Gasteiger partial charge in [-0.25, -0.2) is 19.3 Å². The van der Waals surface area contributed by atoms with Gasteiger partial charge in [-0.15, -0.1) is 0 Å². The first-order valence-electron chi connectivity index (χ1n) is 9.12. The Morgan fingerprint density at radius 3 is 2.57 bits per heavy atom. The molecule has 28 heavy (non-hydrogen) atoms. The zero-order chi connectivity index (χ0) is 19.8. The van der Waals surface area contributed by atoms with Crippen molar-refractivity contribution in [3.05, 3.63) is 53.4 Å². The molecule has 8 heteroatoms. The Bertz CT molecular complexity index is 1060. The van der Waals surface area contributed by atoms with Crippen LogP contribution in [-0.4, -0.2) is 43.4 Å². The van der Waals surface area contributed by atoms with Crippen LogP contribution in [0.1, 0.15) is 28.2 Å². The molecule has 0 aliphatic carbocycles. The Hall–Kier alpha value is -3.29. The molecule has 3 heterocycles. The van der Waals surface area contributed by atoms with Gasteiger partial charge >= 0.3 is 0 Å². The molecule has 0 unspecified atom stereocenters. The van der Waals surface area contributed by atoms with E-state index in [1.54, 1.807) is 22.9 Å². The van der Waals surface area contributed by atoms with E-state index in [-0.39, 0.29) is 17.5 Å². The average molecular weight is 380 g/mol. The molecule has 7 nitrogen and oxygen atoms in total. The number of nitrogens with one attached hydrogen (secondary N) is 1. The minimum Gasteiger partial charge on any atom is -0.339 e. The van der Waals surface area contributed by atoms with Crippen molar-refractivity contribution in [1.29, 1.82) is 0 Å². The second kappa shape index (κ2) is 7.03. The van der Waals surface area contributed by atoms with Crippen LogP contribution in [0, 0.1) is 19.7 Å². The van der Waals surface area contributed by atoms with Crippen molar-refractivity contribution in [3.8, 4) is 11.4 Å². The number of nitrogens with zero attached hydrogens (tertiary/aromatic N) is 5. The number of carbonyl (C=O) groups excluding carboxylic acids is 1. The van der Waals surface area contributed by atoms with Crippen LogP contribution in [-0.2, 0) is 7.05 Å². The molecule has 0 saturated carbocycles. The normalized spacial score (nSPS) is 13.4. The van der Waals surface area contributed by atoms with Crippen molar-refractivity contribution >= 4 is 17.5 Å². The highest BCUT2D eigenvalue weighted by Gasteiger charge is 2.23. The number of anilines is 2. The van der Waals surface area contributed by atoms with E-state index in [9.17, 15) is 9.18 Å². The van der Waals surface area contributed by atoms with Gasteiger partial charge in [0.05, 0.1) is 18.1 Å². The van der Waals surface area contributed by atoms with Crippen LogP contribution in [0.3, 0.4) is 0 Å². The summed E-state index contributed by atoms with van der Waals surface area (Å²) in [6.45, 7) is 5.37. The van der Waals surface area contributed by atoms with Gasteiger partial charge in [0.25, 0.3) is 5.91 Å². The maximum Gasteiger partial charge on any atom is 0.254 e. The summed E-state index contributed by atoms with van der Waals surface area (Å²) in [5.74, 6) is 0.583. The van der Waals surface area contributed by atoms with Crippen LogP contribution < -0.4 is 5.32 Å². The molecular formula is C20H21FN6O. The number of aromatic nitrogens is 4. The van der Waals surface area contributed by atoms with Gasteiger partial charge in [0, 0.05) is 31.4 Å². The topological polar surface area (TPSA) is 75.9 Å². The van der Waals surface area contributed by atoms with Crippen molar-refractivity contribution in [2.24, 2.45) is 7.05 Å². The van der Waals surface area contributed by atoms with E-state index in [0.717, 1.165) is 42.8 Å². The molecule has 1 saturated heterocycles. The van der Waals surface area contributed by atoms with Crippen molar-refractivity contribution in [3.63, 3.8) is 0 Å². The first-order chi connectivity index (χ1) is 13.4. The highest BCUT2D eigenvalue weighted by Crippen LogP contribution is 2.24. The second-order valence-corrected chi connectivity index (χ2v) is 6.94. The molecule has 1 aromatic carbocycles. The van der Waals surface area contributed by atoms with Crippen LogP contribution in [0.25, 0.3) is 11.4 Å². The van der Waals surface area contributed by atoms with Crippen molar-refractivity contribution in [2.75, 3.05) is 18.4 Å². The molecule has 3 aromatic rings. The third-order valence-corrected chi connectivity index (χ3v) is 5.06. The van der Waals surface area contributed by atoms with E-state index in [1.165, 1.54) is 0 Å². The predicted molar refractivity (Wildman–Crippen MR) is 104 cm³/mol. The summed E-state index contributed by atoms with van der Waals surface area (Å²) in [6, 6.07) is 5.47. The lowest BCUT2D eigenvalue weighted by atomic mass is 10.0. The molecule has 0 spiro atoms. The zero-order valence-electron chi connectivity index (χ0n) is 16.0. The van der Waals surface area contributed by atoms with E-state index in [0.29, 0.717) is 11.3 Å². The van der Waals surface area contributed by atoms with Gasteiger partial charge in [0.2, 0.25) is 5.95 Å². The molecule has 4 rings (SSSR count). The molecule has 0 radical (unpaired) electrons. The van der Waals surface area contributed by atoms with Crippen molar-refractivity contribution in [2.45, 2.75) is 20.3 Å². The van der Waals surface area contributed by atoms with E-state index >= 15 is 0 Å². The number of benzene rings is 1. The summed E-state index contributed by atoms with van der Waals surface area (Å²) in [7, 11) is 1.81. The summed E-state index contributed by atoms with van der Waals surface area (Å²) in [4.78, 5) is 26.8. The number of aryl methyl sites for hydroxylation is 2. The average Bonchev–Trinajstić information content (AvgIpc) is 2.94. The lowest BCUT2D eigenvalue weighted by Crippen LogP contribution is -2.42. The highest BCUT2D eigenvalue weighted by atomic mass is 19.1. The van der Waals surface area contributed by atoms with Gasteiger partial charge in [-0.3, -0.25) is 4.79 Å². The smallest absolute Gasteiger partial charge is 0.254 e. The van der Waals surface area contributed by atoms with Gasteiger partial charge in [-0.05, 0) is 44.0 Å². The zero-order valence-corrected chi connectivity index (χ0v) is 16.0. The van der Waals surface area contributed by atoms with E-state index < -0.39 is 5.82 Å². The van der Waals surface area contributed by atoms with Crippen molar-refractivity contribution in [1.82, 2.24) is 24.4 Å². The minimum atomic E-state index is -0.514. The SMILES string of the molecule is Cc1cc(Nc2ncc(F)c(-c3cnc(C)n3C)n2)ccc1C(=O)N1CCC1. The Balaban J connectivity index is 1.59. The fraction of sp³-hybridized carbons (Fsp3) is 0.300. The molecule has 1 N–H and O–H groups in total. The van der Waals surface area contributed by atoms with Crippen LogP contribution >= 0.6 is 0 Å². The fourth-order valence-corrected chi connectivity index (χ4v) is 3.13. The Kier molecular flexibility index (Phi) is 4.54. The second-order valence-electron chi connectivity index (χ2n) is 6.94. The number of amides is 1. The maximum atomic E-state index is 14.3. The number of rotatable bonds is 4. The lowest BCUT2D eigenvalue weighted by molar-refractivity contribution is 0.0651. The van der Waals surface area contributed by atoms with Gasteiger partial charge in [0.1, 0.15) is 11.5 Å². The number of carbonyl (C=O) groups is 1. The monoisotopic (exact) mass is 380 g/mol. The van der Waals surface area contributed by atoms with E-state index in [1.807, 2.05) is 31.9 Å². The number of likely N-dealkylation sites (tertiary alicyclic amines) is 1.